The van der Waals surface area contributed by atoms with Crippen LogP contribution in [0.15, 0.2) is 18.2 Å². The van der Waals surface area contributed by atoms with Gasteiger partial charge in [-0.15, -0.1) is 0 Å². The summed E-state index contributed by atoms with van der Waals surface area (Å²) >= 11 is 0. The van der Waals surface area contributed by atoms with Crippen LogP contribution in [-0.4, -0.2) is 20.3 Å². The normalized spacial score (nSPS) is 12.5. The standard InChI is InChI=1S/C17H29NO2/c1-6-8-15(9-7-2)18-13(3)14-10-11-16(19-4)17(12-14)20-5/h10-13,15,18H,6-9H2,1-5H3. The molecule has 114 valence electrons. The van der Waals surface area contributed by atoms with Crippen LogP contribution >= 0.6 is 0 Å². The number of methoxy groups -OCH3 is 2. The van der Waals surface area contributed by atoms with E-state index in [4.69, 9.17) is 9.47 Å². The van der Waals surface area contributed by atoms with Gasteiger partial charge in [0.15, 0.2) is 11.5 Å². The van der Waals surface area contributed by atoms with Crippen LogP contribution in [0.5, 0.6) is 11.5 Å². The average molecular weight is 279 g/mol. The molecule has 1 atom stereocenters. The van der Waals surface area contributed by atoms with Gasteiger partial charge in [0, 0.05) is 12.1 Å². The Kier molecular flexibility index (Phi) is 7.45. The lowest BCUT2D eigenvalue weighted by Crippen LogP contribution is -2.31. The van der Waals surface area contributed by atoms with Gasteiger partial charge in [-0.05, 0) is 37.5 Å². The molecule has 1 unspecified atom stereocenters. The van der Waals surface area contributed by atoms with Crippen LogP contribution in [0.4, 0.5) is 0 Å². The maximum absolute atomic E-state index is 5.37. The van der Waals surface area contributed by atoms with E-state index in [-0.39, 0.29) is 0 Å². The Balaban J connectivity index is 2.77. The summed E-state index contributed by atoms with van der Waals surface area (Å²) in [5.74, 6) is 1.57. The second-order valence-corrected chi connectivity index (χ2v) is 5.28. The summed E-state index contributed by atoms with van der Waals surface area (Å²) in [6, 6.07) is 7.05. The molecule has 1 N–H and O–H groups in total. The third kappa shape index (κ3) is 4.71. The zero-order chi connectivity index (χ0) is 15.0. The largest absolute Gasteiger partial charge is 0.493 e. The number of rotatable bonds is 9. The number of benzene rings is 1. The van der Waals surface area contributed by atoms with Crippen molar-refractivity contribution in [2.24, 2.45) is 0 Å². The second-order valence-electron chi connectivity index (χ2n) is 5.28. The average Bonchev–Trinajstić information content (AvgIpc) is 2.46. The molecule has 0 aliphatic rings. The number of hydrogen-bond donors (Lipinski definition) is 1. The van der Waals surface area contributed by atoms with Gasteiger partial charge in [-0.25, -0.2) is 0 Å². The van der Waals surface area contributed by atoms with E-state index in [0.29, 0.717) is 12.1 Å². The fourth-order valence-electron chi connectivity index (χ4n) is 2.58. The van der Waals surface area contributed by atoms with E-state index < -0.39 is 0 Å². The Morgan fingerprint density at radius 3 is 2.10 bits per heavy atom. The van der Waals surface area contributed by atoms with E-state index in [9.17, 15) is 0 Å². The third-order valence-corrected chi connectivity index (χ3v) is 3.67. The summed E-state index contributed by atoms with van der Waals surface area (Å²) in [5, 5.41) is 3.73. The maximum Gasteiger partial charge on any atom is 0.161 e. The van der Waals surface area contributed by atoms with Crippen molar-refractivity contribution in [2.45, 2.75) is 58.5 Å². The molecule has 1 aromatic carbocycles. The molecule has 3 heteroatoms. The molecule has 0 fully saturated rings. The molecule has 0 saturated carbocycles. The van der Waals surface area contributed by atoms with Crippen molar-refractivity contribution in [3.63, 3.8) is 0 Å². The molecular weight excluding hydrogens is 250 g/mol. The first kappa shape index (κ1) is 16.8. The number of nitrogens with one attached hydrogen (secondary N) is 1. The Bertz CT molecular complexity index is 387. The molecule has 0 aliphatic heterocycles. The fraction of sp³-hybridized carbons (Fsp3) is 0.647. The van der Waals surface area contributed by atoms with Crippen LogP contribution in [0.2, 0.25) is 0 Å². The van der Waals surface area contributed by atoms with E-state index in [1.54, 1.807) is 14.2 Å². The fourth-order valence-corrected chi connectivity index (χ4v) is 2.58. The van der Waals surface area contributed by atoms with E-state index in [1.807, 2.05) is 6.07 Å². The van der Waals surface area contributed by atoms with Crippen molar-refractivity contribution in [1.29, 1.82) is 0 Å². The highest BCUT2D eigenvalue weighted by atomic mass is 16.5. The summed E-state index contributed by atoms with van der Waals surface area (Å²) < 4.78 is 10.7. The van der Waals surface area contributed by atoms with E-state index in [1.165, 1.54) is 31.2 Å². The zero-order valence-corrected chi connectivity index (χ0v) is 13.5. The number of ether oxygens (including phenoxy) is 2. The topological polar surface area (TPSA) is 30.5 Å². The Hall–Kier alpha value is -1.22. The monoisotopic (exact) mass is 279 g/mol. The van der Waals surface area contributed by atoms with Gasteiger partial charge >= 0.3 is 0 Å². The zero-order valence-electron chi connectivity index (χ0n) is 13.5. The van der Waals surface area contributed by atoms with Gasteiger partial charge in [0.25, 0.3) is 0 Å². The lowest BCUT2D eigenvalue weighted by atomic mass is 10.0. The first-order valence-electron chi connectivity index (χ1n) is 7.64. The summed E-state index contributed by atoms with van der Waals surface area (Å²) in [6.07, 6.45) is 4.89. The Labute approximate surface area is 123 Å². The Morgan fingerprint density at radius 1 is 1.00 bits per heavy atom. The first-order chi connectivity index (χ1) is 9.65. The van der Waals surface area contributed by atoms with Crippen LogP contribution in [-0.2, 0) is 0 Å². The van der Waals surface area contributed by atoms with Crippen molar-refractivity contribution in [1.82, 2.24) is 5.32 Å². The summed E-state index contributed by atoms with van der Waals surface area (Å²) in [6.45, 7) is 6.69. The molecule has 0 saturated heterocycles. The molecule has 1 aromatic rings. The highest BCUT2D eigenvalue weighted by Gasteiger charge is 2.14. The smallest absolute Gasteiger partial charge is 0.161 e. The predicted molar refractivity (Wildman–Crippen MR) is 84.7 cm³/mol. The Morgan fingerprint density at radius 2 is 1.60 bits per heavy atom. The van der Waals surface area contributed by atoms with Gasteiger partial charge in [0.1, 0.15) is 0 Å². The van der Waals surface area contributed by atoms with E-state index in [0.717, 1.165) is 11.5 Å². The highest BCUT2D eigenvalue weighted by molar-refractivity contribution is 5.43. The van der Waals surface area contributed by atoms with Gasteiger partial charge in [-0.2, -0.15) is 0 Å². The minimum absolute atomic E-state index is 0.318. The molecule has 0 aliphatic carbocycles. The van der Waals surface area contributed by atoms with E-state index in [2.05, 4.69) is 38.2 Å². The summed E-state index contributed by atoms with van der Waals surface area (Å²) in [7, 11) is 3.34. The third-order valence-electron chi connectivity index (χ3n) is 3.67. The van der Waals surface area contributed by atoms with Gasteiger partial charge < -0.3 is 14.8 Å². The minimum atomic E-state index is 0.318. The van der Waals surface area contributed by atoms with Crippen LogP contribution in [0.3, 0.4) is 0 Å². The molecule has 0 spiro atoms. The number of hydrogen-bond acceptors (Lipinski definition) is 3. The van der Waals surface area contributed by atoms with Gasteiger partial charge in [-0.1, -0.05) is 32.8 Å². The van der Waals surface area contributed by atoms with Crippen molar-refractivity contribution < 1.29 is 9.47 Å². The van der Waals surface area contributed by atoms with Crippen molar-refractivity contribution in [2.75, 3.05) is 14.2 Å². The summed E-state index contributed by atoms with van der Waals surface area (Å²) in [4.78, 5) is 0. The molecular formula is C17H29NO2. The molecule has 3 nitrogen and oxygen atoms in total. The van der Waals surface area contributed by atoms with Gasteiger partial charge in [-0.3, -0.25) is 0 Å². The molecule has 1 rings (SSSR count). The van der Waals surface area contributed by atoms with Gasteiger partial charge in [0.2, 0.25) is 0 Å². The lowest BCUT2D eigenvalue weighted by molar-refractivity contribution is 0.352. The maximum atomic E-state index is 5.37. The molecule has 0 heterocycles. The SMILES string of the molecule is CCCC(CCC)NC(C)c1ccc(OC)c(OC)c1. The van der Waals surface area contributed by atoms with Crippen LogP contribution in [0, 0.1) is 0 Å². The first-order valence-corrected chi connectivity index (χ1v) is 7.64. The lowest BCUT2D eigenvalue weighted by Gasteiger charge is -2.23. The minimum Gasteiger partial charge on any atom is -0.493 e. The van der Waals surface area contributed by atoms with Crippen LogP contribution in [0.1, 0.15) is 58.1 Å². The molecule has 20 heavy (non-hydrogen) atoms. The molecule has 0 amide bonds. The van der Waals surface area contributed by atoms with Crippen molar-refractivity contribution in [3.8, 4) is 11.5 Å². The second kappa shape index (κ2) is 8.85. The van der Waals surface area contributed by atoms with Crippen molar-refractivity contribution in [3.05, 3.63) is 23.8 Å². The highest BCUT2D eigenvalue weighted by Crippen LogP contribution is 2.30. The summed E-state index contributed by atoms with van der Waals surface area (Å²) in [5.41, 5.74) is 1.24. The van der Waals surface area contributed by atoms with E-state index >= 15 is 0 Å². The van der Waals surface area contributed by atoms with Gasteiger partial charge in [0.05, 0.1) is 14.2 Å². The molecule has 0 radical (unpaired) electrons. The van der Waals surface area contributed by atoms with Crippen molar-refractivity contribution >= 4 is 0 Å². The van der Waals surface area contributed by atoms with Crippen LogP contribution in [0.25, 0.3) is 0 Å². The molecule has 0 aromatic heterocycles. The predicted octanol–water partition coefficient (Wildman–Crippen LogP) is 4.32. The van der Waals surface area contributed by atoms with Crippen LogP contribution < -0.4 is 14.8 Å². The molecule has 0 bridgehead atoms. The quantitative estimate of drug-likeness (QED) is 0.730.